The van der Waals surface area contributed by atoms with Crippen LogP contribution in [0.2, 0.25) is 0 Å². The van der Waals surface area contributed by atoms with E-state index in [9.17, 15) is 4.79 Å². The summed E-state index contributed by atoms with van der Waals surface area (Å²) in [5, 5.41) is 3.49. The number of nitrogens with zero attached hydrogens (tertiary/aromatic N) is 3. The monoisotopic (exact) mass is 535 g/mol. The normalized spacial score (nSPS) is 15.8. The number of amidine groups is 1. The molecule has 0 radical (unpaired) electrons. The van der Waals surface area contributed by atoms with Gasteiger partial charge in [0, 0.05) is 54.4 Å². The molecule has 0 saturated carbocycles. The van der Waals surface area contributed by atoms with Gasteiger partial charge in [-0.3, -0.25) is 4.79 Å². The maximum absolute atomic E-state index is 13.5. The number of nitrogens with one attached hydrogen (secondary N) is 1. The minimum Gasteiger partial charge on any atom is -0.383 e. The number of thiocarbonyl (C=S) groups is 1. The molecule has 0 spiro atoms. The van der Waals surface area contributed by atoms with Gasteiger partial charge in [0.1, 0.15) is 5.84 Å². The van der Waals surface area contributed by atoms with Gasteiger partial charge in [-0.25, -0.2) is 4.99 Å². The van der Waals surface area contributed by atoms with Gasteiger partial charge >= 0.3 is 0 Å². The zero-order chi connectivity index (χ0) is 27.4. The van der Waals surface area contributed by atoms with E-state index in [0.29, 0.717) is 24.5 Å². The fourth-order valence-electron chi connectivity index (χ4n) is 4.86. The van der Waals surface area contributed by atoms with E-state index in [1.54, 1.807) is 0 Å². The molecule has 3 aromatic carbocycles. The van der Waals surface area contributed by atoms with Gasteiger partial charge in [-0.05, 0) is 67.4 Å². The van der Waals surface area contributed by atoms with Crippen LogP contribution >= 0.6 is 12.2 Å². The molecule has 7 heteroatoms. The summed E-state index contributed by atoms with van der Waals surface area (Å²) >= 11 is 5.41. The molecule has 1 aliphatic carbocycles. The first-order valence-corrected chi connectivity index (χ1v) is 13.6. The number of nitrogens with two attached hydrogens (primary N) is 1. The summed E-state index contributed by atoms with van der Waals surface area (Å²) in [6.07, 6.45) is 6.61. The van der Waals surface area contributed by atoms with Crippen molar-refractivity contribution in [1.82, 2.24) is 4.90 Å². The van der Waals surface area contributed by atoms with E-state index in [2.05, 4.69) is 47.3 Å². The molecule has 1 saturated heterocycles. The van der Waals surface area contributed by atoms with Crippen molar-refractivity contribution in [3.8, 4) is 0 Å². The van der Waals surface area contributed by atoms with Gasteiger partial charge in [0.05, 0.1) is 16.9 Å². The number of rotatable bonds is 6. The van der Waals surface area contributed by atoms with E-state index in [1.807, 2.05) is 71.7 Å². The van der Waals surface area contributed by atoms with E-state index < -0.39 is 0 Å². The van der Waals surface area contributed by atoms with Gasteiger partial charge in [0.25, 0.3) is 5.91 Å². The number of allylic oxidation sites excluding steroid dienone is 3. The Morgan fingerprint density at radius 1 is 0.923 bits per heavy atom. The van der Waals surface area contributed by atoms with Crippen LogP contribution in [0.4, 0.5) is 22.7 Å². The number of carbonyl (C=O) groups is 1. The van der Waals surface area contributed by atoms with Crippen LogP contribution in [-0.4, -0.2) is 47.7 Å². The Balaban J connectivity index is 1.23. The van der Waals surface area contributed by atoms with Gasteiger partial charge in [0.2, 0.25) is 0 Å². The standard InChI is InChI=1S/C32H33N5OS/c1-22-8-7-12-28(23(22)2)35-29-11-5-3-9-26(29)32(38)37-20-18-36(19-21-37)25-16-14-24(15-17-25)34-31(33)27-10-4-6-13-30(27)39/h3-12,14-17,35H,13,18-21H2,1-2H3,(H2,33,34). The maximum atomic E-state index is 13.5. The number of hydrogen-bond acceptors (Lipinski definition) is 5. The van der Waals surface area contributed by atoms with Crippen LogP contribution in [0, 0.1) is 13.8 Å². The van der Waals surface area contributed by atoms with E-state index in [0.717, 1.165) is 52.7 Å². The Kier molecular flexibility index (Phi) is 7.89. The summed E-state index contributed by atoms with van der Waals surface area (Å²) in [5.41, 5.74) is 13.9. The van der Waals surface area contributed by atoms with Crippen LogP contribution in [0.3, 0.4) is 0 Å². The van der Waals surface area contributed by atoms with Crippen LogP contribution in [-0.2, 0) is 0 Å². The lowest BCUT2D eigenvalue weighted by atomic mass is 10.0. The van der Waals surface area contributed by atoms with Crippen molar-refractivity contribution in [2.75, 3.05) is 36.4 Å². The van der Waals surface area contributed by atoms with Crippen molar-refractivity contribution < 1.29 is 4.79 Å². The van der Waals surface area contributed by atoms with Crippen LogP contribution in [0.1, 0.15) is 27.9 Å². The molecule has 3 aromatic rings. The third kappa shape index (κ3) is 5.94. The van der Waals surface area contributed by atoms with Gasteiger partial charge in [-0.15, -0.1) is 0 Å². The molecule has 1 fully saturated rings. The summed E-state index contributed by atoms with van der Waals surface area (Å²) in [4.78, 5) is 23.1. The van der Waals surface area contributed by atoms with Crippen LogP contribution < -0.4 is 16.0 Å². The fraction of sp³-hybridized carbons (Fsp3) is 0.219. The number of aliphatic imine (C=N–C) groups is 1. The van der Waals surface area contributed by atoms with Crippen LogP contribution in [0.5, 0.6) is 0 Å². The zero-order valence-electron chi connectivity index (χ0n) is 22.4. The molecular formula is C32H33N5OS. The van der Waals surface area contributed by atoms with E-state index in [-0.39, 0.29) is 5.91 Å². The van der Waals surface area contributed by atoms with E-state index in [1.165, 1.54) is 11.1 Å². The first kappa shape index (κ1) is 26.4. The second-order valence-corrected chi connectivity index (χ2v) is 10.3. The third-order valence-corrected chi connectivity index (χ3v) is 7.73. The van der Waals surface area contributed by atoms with Crippen LogP contribution in [0.25, 0.3) is 0 Å². The Morgan fingerprint density at radius 2 is 1.64 bits per heavy atom. The molecule has 198 valence electrons. The number of hydrogen-bond donors (Lipinski definition) is 2. The van der Waals surface area contributed by atoms with E-state index in [4.69, 9.17) is 18.0 Å². The Bertz CT molecular complexity index is 1480. The lowest BCUT2D eigenvalue weighted by Crippen LogP contribution is -2.48. The summed E-state index contributed by atoms with van der Waals surface area (Å²) in [6.45, 7) is 7.02. The minimum atomic E-state index is 0.0491. The van der Waals surface area contributed by atoms with Crippen LogP contribution in [0.15, 0.2) is 95.5 Å². The molecule has 0 unspecified atom stereocenters. The summed E-state index contributed by atoms with van der Waals surface area (Å²) < 4.78 is 0. The molecule has 39 heavy (non-hydrogen) atoms. The average Bonchev–Trinajstić information content (AvgIpc) is 2.96. The predicted octanol–water partition coefficient (Wildman–Crippen LogP) is 6.25. The molecule has 0 atom stereocenters. The molecule has 5 rings (SSSR count). The van der Waals surface area contributed by atoms with Gasteiger partial charge < -0.3 is 20.9 Å². The number of para-hydroxylation sites is 1. The van der Waals surface area contributed by atoms with Crippen molar-refractivity contribution in [2.45, 2.75) is 20.3 Å². The van der Waals surface area contributed by atoms with Gasteiger partial charge in [-0.1, -0.05) is 54.7 Å². The highest BCUT2D eigenvalue weighted by molar-refractivity contribution is 7.81. The number of amides is 1. The lowest BCUT2D eigenvalue weighted by molar-refractivity contribution is 0.0748. The average molecular weight is 536 g/mol. The fourth-order valence-corrected chi connectivity index (χ4v) is 5.12. The molecule has 6 nitrogen and oxygen atoms in total. The Morgan fingerprint density at radius 3 is 2.38 bits per heavy atom. The van der Waals surface area contributed by atoms with E-state index >= 15 is 0 Å². The van der Waals surface area contributed by atoms with Crippen molar-refractivity contribution in [1.29, 1.82) is 0 Å². The Labute approximate surface area is 235 Å². The largest absolute Gasteiger partial charge is 0.383 e. The molecule has 2 aliphatic rings. The first-order valence-electron chi connectivity index (χ1n) is 13.2. The summed E-state index contributed by atoms with van der Waals surface area (Å²) in [7, 11) is 0. The number of aryl methyl sites for hydroxylation is 1. The van der Waals surface area contributed by atoms with Crippen molar-refractivity contribution in [3.05, 3.63) is 107 Å². The maximum Gasteiger partial charge on any atom is 0.256 e. The molecule has 1 amide bonds. The molecule has 0 bridgehead atoms. The molecule has 1 aliphatic heterocycles. The second-order valence-electron chi connectivity index (χ2n) is 9.85. The topological polar surface area (TPSA) is 74.0 Å². The first-order chi connectivity index (χ1) is 18.9. The molecule has 0 aromatic heterocycles. The van der Waals surface area contributed by atoms with Gasteiger partial charge in [0.15, 0.2) is 0 Å². The number of piperazine rings is 1. The van der Waals surface area contributed by atoms with Crippen molar-refractivity contribution >= 4 is 51.6 Å². The Hall–Kier alpha value is -4.23. The predicted molar refractivity (Wildman–Crippen MR) is 166 cm³/mol. The summed E-state index contributed by atoms with van der Waals surface area (Å²) in [6, 6.07) is 22.0. The number of benzene rings is 3. The zero-order valence-corrected chi connectivity index (χ0v) is 23.2. The highest BCUT2D eigenvalue weighted by Gasteiger charge is 2.24. The lowest BCUT2D eigenvalue weighted by Gasteiger charge is -2.36. The highest BCUT2D eigenvalue weighted by atomic mass is 32.1. The third-order valence-electron chi connectivity index (χ3n) is 7.34. The molecule has 1 heterocycles. The minimum absolute atomic E-state index is 0.0491. The highest BCUT2D eigenvalue weighted by Crippen LogP contribution is 2.27. The smallest absolute Gasteiger partial charge is 0.256 e. The van der Waals surface area contributed by atoms with Crippen molar-refractivity contribution in [3.63, 3.8) is 0 Å². The van der Waals surface area contributed by atoms with Gasteiger partial charge in [-0.2, -0.15) is 0 Å². The number of carbonyl (C=O) groups excluding carboxylic acids is 1. The number of anilines is 3. The van der Waals surface area contributed by atoms with Crippen molar-refractivity contribution in [2.24, 2.45) is 10.7 Å². The SMILES string of the molecule is Cc1cccc(Nc2ccccc2C(=O)N2CCN(c3ccc(N=C(N)C4=CC=CCC4=S)cc3)CC2)c1C. The molecule has 3 N–H and O–H groups in total. The summed E-state index contributed by atoms with van der Waals surface area (Å²) in [5.74, 6) is 0.490. The molecular weight excluding hydrogens is 502 g/mol. The second kappa shape index (κ2) is 11.7. The quantitative estimate of drug-likeness (QED) is 0.222.